The summed E-state index contributed by atoms with van der Waals surface area (Å²) in [6, 6.07) is -3.18. The number of nitrogens with two attached hydrogens (primary N) is 3. The van der Waals surface area contributed by atoms with Crippen LogP contribution in [0.25, 0.3) is 0 Å². The van der Waals surface area contributed by atoms with Gasteiger partial charge in [0.2, 0.25) is 6.20 Å². The molecule has 0 amide bonds. The number of aromatic hydroxyl groups is 1. The highest BCUT2D eigenvalue weighted by atomic mass is 16.4. The SMILES string of the molecule is N[C@@H](CCCCC[n+]1cc(O)c(C[C@H](N)C(=O)O)c(CC[C@H](N)C(=O)O)c1)C(=O)O. The van der Waals surface area contributed by atoms with Gasteiger partial charge in [-0.25, -0.2) is 4.57 Å². The summed E-state index contributed by atoms with van der Waals surface area (Å²) in [4.78, 5) is 32.8. The number of hydrogen-bond acceptors (Lipinski definition) is 7. The van der Waals surface area contributed by atoms with Crippen LogP contribution in [-0.2, 0) is 33.8 Å². The van der Waals surface area contributed by atoms with Crippen molar-refractivity contribution in [3.63, 3.8) is 0 Å². The maximum absolute atomic E-state index is 11.1. The topological polar surface area (TPSA) is 214 Å². The van der Waals surface area contributed by atoms with Crippen LogP contribution in [0, 0.1) is 0 Å². The molecule has 1 rings (SSSR count). The summed E-state index contributed by atoms with van der Waals surface area (Å²) >= 11 is 0. The zero-order chi connectivity index (χ0) is 22.8. The average Bonchev–Trinajstić information content (AvgIpc) is 2.67. The van der Waals surface area contributed by atoms with Gasteiger partial charge in [-0.2, -0.15) is 0 Å². The number of aryl methyl sites for hydroxylation is 2. The molecular weight excluding hydrogens is 396 g/mol. The molecule has 0 unspecified atom stereocenters. The molecule has 11 nitrogen and oxygen atoms in total. The molecule has 11 heteroatoms. The summed E-state index contributed by atoms with van der Waals surface area (Å²) in [6.45, 7) is 0.527. The molecule has 10 N–H and O–H groups in total. The van der Waals surface area contributed by atoms with Gasteiger partial charge in [-0.15, -0.1) is 0 Å². The molecular formula is C19H31N4O7+. The predicted octanol–water partition coefficient (Wildman–Crippen LogP) is -1.05. The van der Waals surface area contributed by atoms with E-state index >= 15 is 0 Å². The normalized spacial score (nSPS) is 14.1. The quantitative estimate of drug-likeness (QED) is 0.141. The summed E-state index contributed by atoms with van der Waals surface area (Å²) < 4.78 is 1.73. The number of aliphatic carboxylic acids is 3. The van der Waals surface area contributed by atoms with Gasteiger partial charge in [-0.05, 0) is 25.7 Å². The number of hydrogen-bond donors (Lipinski definition) is 7. The van der Waals surface area contributed by atoms with Gasteiger partial charge >= 0.3 is 17.9 Å². The summed E-state index contributed by atoms with van der Waals surface area (Å²) in [5, 5.41) is 37.2. The Morgan fingerprint density at radius 2 is 1.40 bits per heavy atom. The molecule has 1 aromatic rings. The lowest BCUT2D eigenvalue weighted by molar-refractivity contribution is -0.698. The number of unbranched alkanes of at least 4 members (excludes halogenated alkanes) is 2. The van der Waals surface area contributed by atoms with Gasteiger partial charge in [0.15, 0.2) is 11.9 Å². The minimum atomic E-state index is -1.21. The lowest BCUT2D eigenvalue weighted by Gasteiger charge is -2.14. The number of carboxylic acid groups (broad SMARTS) is 3. The second-order valence-electron chi connectivity index (χ2n) is 7.31. The summed E-state index contributed by atoms with van der Waals surface area (Å²) in [5.41, 5.74) is 17.6. The van der Waals surface area contributed by atoms with Gasteiger partial charge < -0.3 is 37.6 Å². The fourth-order valence-electron chi connectivity index (χ4n) is 3.00. The highest BCUT2D eigenvalue weighted by Gasteiger charge is 2.22. The Labute approximate surface area is 174 Å². The summed E-state index contributed by atoms with van der Waals surface area (Å²) in [5.74, 6) is -3.51. The Balaban J connectivity index is 2.86. The number of rotatable bonds is 14. The highest BCUT2D eigenvalue weighted by molar-refractivity contribution is 5.74. The summed E-state index contributed by atoms with van der Waals surface area (Å²) in [7, 11) is 0. The van der Waals surface area contributed by atoms with Crippen molar-refractivity contribution in [2.24, 2.45) is 17.2 Å². The lowest BCUT2D eigenvalue weighted by Crippen LogP contribution is -2.37. The number of aromatic nitrogens is 1. The van der Waals surface area contributed by atoms with Crippen LogP contribution in [-0.4, -0.2) is 56.5 Å². The van der Waals surface area contributed by atoms with E-state index in [-0.39, 0.29) is 25.0 Å². The van der Waals surface area contributed by atoms with E-state index in [0.717, 1.165) is 6.42 Å². The second kappa shape index (κ2) is 12.1. The molecule has 0 bridgehead atoms. The smallest absolute Gasteiger partial charge is 0.320 e. The largest absolute Gasteiger partial charge is 0.503 e. The third-order valence-corrected chi connectivity index (χ3v) is 4.84. The van der Waals surface area contributed by atoms with Crippen molar-refractivity contribution in [2.75, 3.05) is 0 Å². The molecule has 0 aliphatic heterocycles. The number of carboxylic acids is 3. The van der Waals surface area contributed by atoms with Gasteiger partial charge in [-0.3, -0.25) is 14.4 Å². The number of carbonyl (C=O) groups is 3. The molecule has 0 saturated heterocycles. The minimum absolute atomic E-state index is 0.104. The lowest BCUT2D eigenvalue weighted by atomic mass is 9.96. The van der Waals surface area contributed by atoms with Gasteiger partial charge in [0, 0.05) is 24.0 Å². The van der Waals surface area contributed by atoms with Crippen LogP contribution in [0.15, 0.2) is 12.4 Å². The van der Waals surface area contributed by atoms with Crippen molar-refractivity contribution >= 4 is 17.9 Å². The Morgan fingerprint density at radius 1 is 0.833 bits per heavy atom. The van der Waals surface area contributed by atoms with Crippen molar-refractivity contribution in [3.05, 3.63) is 23.5 Å². The van der Waals surface area contributed by atoms with Gasteiger partial charge in [0.1, 0.15) is 24.7 Å². The van der Waals surface area contributed by atoms with Crippen molar-refractivity contribution in [3.8, 4) is 5.75 Å². The zero-order valence-corrected chi connectivity index (χ0v) is 16.7. The molecule has 1 aromatic heterocycles. The molecule has 0 aliphatic carbocycles. The number of pyridine rings is 1. The first-order valence-corrected chi connectivity index (χ1v) is 9.71. The molecule has 0 aliphatic rings. The third-order valence-electron chi connectivity index (χ3n) is 4.84. The van der Waals surface area contributed by atoms with Gasteiger partial charge in [0.05, 0.1) is 0 Å². The van der Waals surface area contributed by atoms with Crippen molar-refractivity contribution < 1.29 is 39.4 Å². The first kappa shape index (κ1) is 25.3. The standard InChI is InChI=1S/C19H30N4O7/c20-13(17(25)26)4-2-1-3-7-23-9-11(5-6-14(21)18(27)28)12(16(24)10-23)8-15(22)19(29)30/h9-10,13-15H,1-8,20-22H2,(H3-,24,25,26,27,28,29,30)/p+1/t13-,14-,15-/m0/s1. The molecule has 0 radical (unpaired) electrons. The van der Waals surface area contributed by atoms with E-state index in [4.69, 9.17) is 32.5 Å². The van der Waals surface area contributed by atoms with E-state index < -0.39 is 36.0 Å². The minimum Gasteiger partial charge on any atom is -0.503 e. The van der Waals surface area contributed by atoms with E-state index in [0.29, 0.717) is 36.9 Å². The van der Waals surface area contributed by atoms with Crippen LogP contribution in [0.3, 0.4) is 0 Å². The summed E-state index contributed by atoms with van der Waals surface area (Å²) in [6.07, 6.45) is 5.89. The molecule has 3 atom stereocenters. The van der Waals surface area contributed by atoms with Crippen LogP contribution in [0.5, 0.6) is 5.75 Å². The average molecular weight is 427 g/mol. The van der Waals surface area contributed by atoms with Crippen LogP contribution in [0.2, 0.25) is 0 Å². The Bertz CT molecular complexity index is 757. The Hall–Kier alpha value is -2.76. The van der Waals surface area contributed by atoms with Crippen LogP contribution < -0.4 is 21.8 Å². The van der Waals surface area contributed by atoms with E-state index in [1.807, 2.05) is 0 Å². The van der Waals surface area contributed by atoms with Crippen LogP contribution in [0.1, 0.15) is 43.2 Å². The van der Waals surface area contributed by atoms with E-state index in [1.54, 1.807) is 10.8 Å². The monoisotopic (exact) mass is 427 g/mol. The maximum Gasteiger partial charge on any atom is 0.320 e. The molecule has 0 aromatic carbocycles. The number of nitrogens with zero attached hydrogens (tertiary/aromatic N) is 1. The Morgan fingerprint density at radius 3 is 1.97 bits per heavy atom. The van der Waals surface area contributed by atoms with Crippen LogP contribution >= 0.6 is 0 Å². The van der Waals surface area contributed by atoms with Crippen molar-refractivity contribution in [1.29, 1.82) is 0 Å². The molecule has 1 heterocycles. The van der Waals surface area contributed by atoms with E-state index in [2.05, 4.69) is 0 Å². The molecule has 0 saturated carbocycles. The third kappa shape index (κ3) is 8.31. The van der Waals surface area contributed by atoms with Gasteiger partial charge in [0.25, 0.3) is 0 Å². The van der Waals surface area contributed by atoms with E-state index in [9.17, 15) is 19.5 Å². The first-order chi connectivity index (χ1) is 14.0. The Kier molecular flexibility index (Phi) is 10.2. The zero-order valence-electron chi connectivity index (χ0n) is 16.7. The molecule has 30 heavy (non-hydrogen) atoms. The fraction of sp³-hybridized carbons (Fsp3) is 0.579. The van der Waals surface area contributed by atoms with Crippen molar-refractivity contribution in [1.82, 2.24) is 0 Å². The first-order valence-electron chi connectivity index (χ1n) is 9.71. The highest BCUT2D eigenvalue weighted by Crippen LogP contribution is 2.22. The predicted molar refractivity (Wildman–Crippen MR) is 106 cm³/mol. The molecule has 168 valence electrons. The van der Waals surface area contributed by atoms with Gasteiger partial charge in [-0.1, -0.05) is 6.42 Å². The van der Waals surface area contributed by atoms with Crippen LogP contribution in [0.4, 0.5) is 0 Å². The fourth-order valence-corrected chi connectivity index (χ4v) is 3.00. The maximum atomic E-state index is 11.1. The second-order valence-corrected chi connectivity index (χ2v) is 7.31. The molecule has 0 spiro atoms. The van der Waals surface area contributed by atoms with Crippen molar-refractivity contribution in [2.45, 2.75) is 69.6 Å². The van der Waals surface area contributed by atoms with E-state index in [1.165, 1.54) is 6.20 Å². The molecule has 0 fully saturated rings.